The molecule has 6 heteroatoms. The predicted octanol–water partition coefficient (Wildman–Crippen LogP) is 3.75. The number of nitrogens with zero attached hydrogens (tertiary/aromatic N) is 3. The first-order chi connectivity index (χ1) is 12.7. The maximum atomic E-state index is 12.9. The second-order valence-corrected chi connectivity index (χ2v) is 6.75. The molecule has 1 unspecified atom stereocenters. The highest BCUT2D eigenvalue weighted by atomic mass is 32.1. The van der Waals surface area contributed by atoms with Crippen molar-refractivity contribution >= 4 is 17.2 Å². The van der Waals surface area contributed by atoms with Crippen molar-refractivity contribution in [2.45, 2.75) is 19.9 Å². The van der Waals surface area contributed by atoms with E-state index in [0.717, 1.165) is 18.8 Å². The first-order valence-corrected chi connectivity index (χ1v) is 9.82. The molecule has 5 nitrogen and oxygen atoms in total. The van der Waals surface area contributed by atoms with Gasteiger partial charge >= 0.3 is 0 Å². The summed E-state index contributed by atoms with van der Waals surface area (Å²) in [6.07, 6.45) is 3.55. The first kappa shape index (κ1) is 18.4. The quantitative estimate of drug-likeness (QED) is 0.659. The smallest absolute Gasteiger partial charge is 0.253 e. The molecule has 136 valence electrons. The zero-order valence-corrected chi connectivity index (χ0v) is 15.9. The van der Waals surface area contributed by atoms with E-state index in [2.05, 4.69) is 46.0 Å². The maximum Gasteiger partial charge on any atom is 0.253 e. The molecule has 1 atom stereocenters. The Labute approximate surface area is 158 Å². The molecule has 2 heterocycles. The van der Waals surface area contributed by atoms with Crippen molar-refractivity contribution in [2.24, 2.45) is 0 Å². The van der Waals surface area contributed by atoms with Crippen molar-refractivity contribution in [1.82, 2.24) is 20.0 Å². The molecule has 1 amide bonds. The SMILES string of the molecule is CCN(CC)C(CNC(=O)c1ccccc1-n1cccn1)c1ccsc1. The molecule has 3 aromatic rings. The molecule has 0 aliphatic heterocycles. The summed E-state index contributed by atoms with van der Waals surface area (Å²) >= 11 is 1.69. The fraction of sp³-hybridized carbons (Fsp3) is 0.300. The molecular weight excluding hydrogens is 344 g/mol. The Balaban J connectivity index is 1.77. The summed E-state index contributed by atoms with van der Waals surface area (Å²) in [6, 6.07) is 11.7. The van der Waals surface area contributed by atoms with Gasteiger partial charge in [-0.25, -0.2) is 4.68 Å². The molecule has 0 radical (unpaired) electrons. The van der Waals surface area contributed by atoms with E-state index in [9.17, 15) is 4.79 Å². The number of carbonyl (C=O) groups excluding carboxylic acids is 1. The monoisotopic (exact) mass is 368 g/mol. The third kappa shape index (κ3) is 4.03. The molecule has 1 N–H and O–H groups in total. The van der Waals surface area contributed by atoms with Crippen LogP contribution in [0.1, 0.15) is 35.8 Å². The first-order valence-electron chi connectivity index (χ1n) is 8.88. The van der Waals surface area contributed by atoms with Crippen molar-refractivity contribution in [3.8, 4) is 5.69 Å². The minimum Gasteiger partial charge on any atom is -0.350 e. The molecule has 0 saturated carbocycles. The molecule has 0 fully saturated rings. The number of hydrogen-bond acceptors (Lipinski definition) is 4. The number of nitrogens with one attached hydrogen (secondary N) is 1. The molecule has 0 aliphatic carbocycles. The topological polar surface area (TPSA) is 50.2 Å². The van der Waals surface area contributed by atoms with Crippen molar-refractivity contribution < 1.29 is 4.79 Å². The van der Waals surface area contributed by atoms with Crippen LogP contribution in [0.25, 0.3) is 5.69 Å². The lowest BCUT2D eigenvalue weighted by molar-refractivity contribution is 0.0935. The number of benzene rings is 1. The average Bonchev–Trinajstić information content (AvgIpc) is 3.39. The summed E-state index contributed by atoms with van der Waals surface area (Å²) in [5.41, 5.74) is 2.66. The van der Waals surface area contributed by atoms with E-state index in [0.29, 0.717) is 12.1 Å². The van der Waals surface area contributed by atoms with E-state index >= 15 is 0 Å². The van der Waals surface area contributed by atoms with Crippen molar-refractivity contribution in [1.29, 1.82) is 0 Å². The normalized spacial score (nSPS) is 12.3. The van der Waals surface area contributed by atoms with Gasteiger partial charge in [0.25, 0.3) is 5.91 Å². The lowest BCUT2D eigenvalue weighted by Gasteiger charge is -2.29. The van der Waals surface area contributed by atoms with Crippen molar-refractivity contribution in [3.63, 3.8) is 0 Å². The summed E-state index contributed by atoms with van der Waals surface area (Å²) in [6.45, 7) is 6.76. The Morgan fingerprint density at radius 3 is 2.69 bits per heavy atom. The highest BCUT2D eigenvalue weighted by Gasteiger charge is 2.20. The van der Waals surface area contributed by atoms with Crippen LogP contribution < -0.4 is 5.32 Å². The van der Waals surface area contributed by atoms with E-state index < -0.39 is 0 Å². The van der Waals surface area contributed by atoms with E-state index in [1.165, 1.54) is 5.56 Å². The summed E-state index contributed by atoms with van der Waals surface area (Å²) in [5.74, 6) is -0.0801. The molecular formula is C20H24N4OS. The third-order valence-corrected chi connectivity index (χ3v) is 5.24. The zero-order valence-electron chi connectivity index (χ0n) is 15.1. The number of para-hydroxylation sites is 1. The van der Waals surface area contributed by atoms with Gasteiger partial charge in [0, 0.05) is 18.9 Å². The molecule has 0 saturated heterocycles. The molecule has 26 heavy (non-hydrogen) atoms. The molecule has 3 rings (SSSR count). The Bertz CT molecular complexity index is 810. The van der Waals surface area contributed by atoms with Gasteiger partial charge in [0.1, 0.15) is 0 Å². The van der Waals surface area contributed by atoms with Crippen LogP contribution in [-0.2, 0) is 0 Å². The van der Waals surface area contributed by atoms with E-state index in [-0.39, 0.29) is 11.9 Å². The van der Waals surface area contributed by atoms with Crippen LogP contribution in [0.4, 0.5) is 0 Å². The van der Waals surface area contributed by atoms with Gasteiger partial charge in [-0.3, -0.25) is 9.69 Å². The molecule has 0 spiro atoms. The standard InChI is InChI=1S/C20H24N4OS/c1-3-23(4-2)19(16-10-13-26-15-16)14-21-20(25)17-8-5-6-9-18(17)24-12-7-11-22-24/h5-13,15,19H,3-4,14H2,1-2H3,(H,21,25). The van der Waals surface area contributed by atoms with E-state index in [1.54, 1.807) is 22.2 Å². The highest BCUT2D eigenvalue weighted by molar-refractivity contribution is 7.07. The van der Waals surface area contributed by atoms with Crippen molar-refractivity contribution in [3.05, 3.63) is 70.7 Å². The van der Waals surface area contributed by atoms with Gasteiger partial charge in [0.05, 0.1) is 17.3 Å². The molecule has 1 aromatic carbocycles. The van der Waals surface area contributed by atoms with Crippen LogP contribution in [0.15, 0.2) is 59.6 Å². The number of carbonyl (C=O) groups is 1. The van der Waals surface area contributed by atoms with Gasteiger partial charge in [0.2, 0.25) is 0 Å². The summed E-state index contributed by atoms with van der Waals surface area (Å²) in [7, 11) is 0. The van der Waals surface area contributed by atoms with Crippen LogP contribution >= 0.6 is 11.3 Å². The predicted molar refractivity (Wildman–Crippen MR) is 106 cm³/mol. The number of thiophene rings is 1. The van der Waals surface area contributed by atoms with Gasteiger partial charge in [-0.1, -0.05) is 26.0 Å². The van der Waals surface area contributed by atoms with Crippen LogP contribution in [0.2, 0.25) is 0 Å². The van der Waals surface area contributed by atoms with Gasteiger partial charge in [-0.15, -0.1) is 0 Å². The summed E-state index contributed by atoms with van der Waals surface area (Å²) < 4.78 is 1.72. The zero-order chi connectivity index (χ0) is 18.4. The molecule has 0 aliphatic rings. The van der Waals surface area contributed by atoms with Gasteiger partial charge in [-0.05, 0) is 53.7 Å². The third-order valence-electron chi connectivity index (χ3n) is 4.54. The fourth-order valence-corrected chi connectivity index (χ4v) is 3.86. The molecule has 0 bridgehead atoms. The number of amides is 1. The summed E-state index contributed by atoms with van der Waals surface area (Å²) in [5, 5.41) is 11.6. The second kappa shape index (κ2) is 8.78. The average molecular weight is 369 g/mol. The van der Waals surface area contributed by atoms with E-state index in [1.807, 2.05) is 36.5 Å². The minimum absolute atomic E-state index is 0.0801. The fourth-order valence-electron chi connectivity index (χ4n) is 3.15. The number of hydrogen-bond donors (Lipinski definition) is 1. The van der Waals surface area contributed by atoms with Gasteiger partial charge < -0.3 is 5.32 Å². The Kier molecular flexibility index (Phi) is 6.20. The van der Waals surface area contributed by atoms with Gasteiger partial charge in [0.15, 0.2) is 0 Å². The summed E-state index contributed by atoms with van der Waals surface area (Å²) in [4.78, 5) is 15.2. The molecule has 2 aromatic heterocycles. The number of rotatable bonds is 8. The van der Waals surface area contributed by atoms with Gasteiger partial charge in [-0.2, -0.15) is 16.4 Å². The minimum atomic E-state index is -0.0801. The Hall–Kier alpha value is -2.44. The van der Waals surface area contributed by atoms with Crippen LogP contribution in [0, 0.1) is 0 Å². The second-order valence-electron chi connectivity index (χ2n) is 5.97. The lowest BCUT2D eigenvalue weighted by Crippen LogP contribution is -2.38. The van der Waals surface area contributed by atoms with Crippen LogP contribution in [-0.4, -0.2) is 40.2 Å². The largest absolute Gasteiger partial charge is 0.350 e. The number of likely N-dealkylation sites (N-methyl/N-ethyl adjacent to an activating group) is 1. The van der Waals surface area contributed by atoms with E-state index in [4.69, 9.17) is 0 Å². The van der Waals surface area contributed by atoms with Crippen molar-refractivity contribution in [2.75, 3.05) is 19.6 Å². The lowest BCUT2D eigenvalue weighted by atomic mass is 10.1. The van der Waals surface area contributed by atoms with Crippen LogP contribution in [0.5, 0.6) is 0 Å². The Morgan fingerprint density at radius 2 is 2.04 bits per heavy atom. The highest BCUT2D eigenvalue weighted by Crippen LogP contribution is 2.22. The van der Waals surface area contributed by atoms with Crippen LogP contribution in [0.3, 0.4) is 0 Å². The Morgan fingerprint density at radius 1 is 1.23 bits per heavy atom. The number of aromatic nitrogens is 2. The maximum absolute atomic E-state index is 12.9.